The maximum atomic E-state index is 12.0. The highest BCUT2D eigenvalue weighted by Crippen LogP contribution is 2.22. The van der Waals surface area contributed by atoms with Gasteiger partial charge in [-0.15, -0.1) is 0 Å². The summed E-state index contributed by atoms with van der Waals surface area (Å²) >= 11 is 0. The van der Waals surface area contributed by atoms with E-state index in [1.54, 1.807) is 6.07 Å². The largest absolute Gasteiger partial charge is 0.456 e. The Bertz CT molecular complexity index is 675. The van der Waals surface area contributed by atoms with Crippen LogP contribution in [-0.2, 0) is 4.74 Å². The van der Waals surface area contributed by atoms with Crippen molar-refractivity contribution in [3.8, 4) is 0 Å². The predicted octanol–water partition coefficient (Wildman–Crippen LogP) is 4.83. The first-order valence-corrected chi connectivity index (χ1v) is 6.69. The molecule has 104 valence electrons. The zero-order chi connectivity index (χ0) is 14.9. The van der Waals surface area contributed by atoms with Crippen LogP contribution in [0.1, 0.15) is 43.6 Å². The molecule has 0 atom stereocenters. The molecule has 2 aromatic carbocycles. The van der Waals surface area contributed by atoms with E-state index in [0.29, 0.717) is 5.56 Å². The van der Waals surface area contributed by atoms with E-state index in [9.17, 15) is 4.79 Å². The molecule has 0 spiro atoms. The van der Waals surface area contributed by atoms with Gasteiger partial charge in [-0.3, -0.25) is 0 Å². The van der Waals surface area contributed by atoms with Crippen molar-refractivity contribution in [2.45, 2.75) is 33.3 Å². The van der Waals surface area contributed by atoms with Crippen LogP contribution >= 0.6 is 0 Å². The van der Waals surface area contributed by atoms with E-state index in [4.69, 9.17) is 4.74 Å². The molecule has 0 saturated heterocycles. The molecular weight excluding hydrogens is 248 g/mol. The highest BCUT2D eigenvalue weighted by molar-refractivity contribution is 5.96. The molecule has 0 bridgehead atoms. The summed E-state index contributed by atoms with van der Waals surface area (Å²) in [4.78, 5) is 12.0. The fraction of sp³-hybridized carbons (Fsp3) is 0.278. The van der Waals surface area contributed by atoms with E-state index < -0.39 is 5.60 Å². The quantitative estimate of drug-likeness (QED) is 0.729. The van der Waals surface area contributed by atoms with Crippen molar-refractivity contribution in [3.05, 3.63) is 54.1 Å². The number of fused-ring (bicyclic) bond motifs is 1. The average Bonchev–Trinajstić information content (AvgIpc) is 2.35. The molecule has 0 aliphatic rings. The molecule has 0 heterocycles. The minimum atomic E-state index is -0.476. The van der Waals surface area contributed by atoms with Gasteiger partial charge in [-0.25, -0.2) is 4.79 Å². The average molecular weight is 268 g/mol. The fourth-order valence-corrected chi connectivity index (χ4v) is 1.98. The van der Waals surface area contributed by atoms with Gasteiger partial charge in [-0.2, -0.15) is 0 Å². The second-order valence-electron chi connectivity index (χ2n) is 6.06. The van der Waals surface area contributed by atoms with Crippen LogP contribution < -0.4 is 0 Å². The van der Waals surface area contributed by atoms with Crippen molar-refractivity contribution in [2.24, 2.45) is 0 Å². The number of ether oxygens (including phenoxy) is 1. The number of rotatable bonds is 2. The van der Waals surface area contributed by atoms with E-state index in [1.807, 2.05) is 52.0 Å². The summed E-state index contributed by atoms with van der Waals surface area (Å²) in [6.45, 7) is 11.5. The standard InChI is InChI=1S/C18H20O2/c1-12(2)13-6-7-15-11-16(9-8-14(15)10-13)17(19)20-18(3,4)5/h6-11H,1H2,2-5H3. The third kappa shape index (κ3) is 3.27. The molecule has 0 aliphatic heterocycles. The summed E-state index contributed by atoms with van der Waals surface area (Å²) in [6, 6.07) is 11.7. The Morgan fingerprint density at radius 1 is 1.00 bits per heavy atom. The molecule has 2 nitrogen and oxygen atoms in total. The first-order chi connectivity index (χ1) is 9.26. The van der Waals surface area contributed by atoms with Gasteiger partial charge >= 0.3 is 5.97 Å². The lowest BCUT2D eigenvalue weighted by Crippen LogP contribution is -2.23. The van der Waals surface area contributed by atoms with Gasteiger partial charge in [0.25, 0.3) is 0 Å². The van der Waals surface area contributed by atoms with Gasteiger partial charge in [-0.1, -0.05) is 30.4 Å². The molecule has 0 saturated carbocycles. The lowest BCUT2D eigenvalue weighted by atomic mass is 10.0. The van der Waals surface area contributed by atoms with Gasteiger partial charge < -0.3 is 4.74 Å². The fourth-order valence-electron chi connectivity index (χ4n) is 1.98. The van der Waals surface area contributed by atoms with E-state index in [2.05, 4.69) is 12.6 Å². The Morgan fingerprint density at radius 3 is 2.00 bits per heavy atom. The van der Waals surface area contributed by atoms with Crippen LogP contribution in [0.15, 0.2) is 43.0 Å². The molecule has 0 amide bonds. The van der Waals surface area contributed by atoms with Crippen molar-refractivity contribution in [2.75, 3.05) is 0 Å². The van der Waals surface area contributed by atoms with Crippen molar-refractivity contribution < 1.29 is 9.53 Å². The third-order valence-corrected chi connectivity index (χ3v) is 2.97. The Morgan fingerprint density at radius 2 is 1.50 bits per heavy atom. The minimum absolute atomic E-state index is 0.289. The Labute approximate surface area is 120 Å². The first-order valence-electron chi connectivity index (χ1n) is 6.69. The molecule has 0 unspecified atom stereocenters. The maximum Gasteiger partial charge on any atom is 0.338 e. The third-order valence-electron chi connectivity index (χ3n) is 2.97. The number of carbonyl (C=O) groups is 1. The molecule has 20 heavy (non-hydrogen) atoms. The number of hydrogen-bond acceptors (Lipinski definition) is 2. The summed E-state index contributed by atoms with van der Waals surface area (Å²) in [5.41, 5.74) is 2.25. The molecular formula is C18H20O2. The SMILES string of the molecule is C=C(C)c1ccc2cc(C(=O)OC(C)(C)C)ccc2c1. The van der Waals surface area contributed by atoms with Gasteiger partial charge in [0.05, 0.1) is 5.56 Å². The van der Waals surface area contributed by atoms with Crippen molar-refractivity contribution >= 4 is 22.3 Å². The van der Waals surface area contributed by atoms with Gasteiger partial charge in [0.2, 0.25) is 0 Å². The van der Waals surface area contributed by atoms with E-state index in [1.165, 1.54) is 0 Å². The van der Waals surface area contributed by atoms with E-state index in [-0.39, 0.29) is 5.97 Å². The van der Waals surface area contributed by atoms with Gasteiger partial charge in [0, 0.05) is 0 Å². The van der Waals surface area contributed by atoms with Crippen LogP contribution in [0, 0.1) is 0 Å². The van der Waals surface area contributed by atoms with Crippen LogP contribution in [-0.4, -0.2) is 11.6 Å². The van der Waals surface area contributed by atoms with Crippen LogP contribution in [0.25, 0.3) is 16.3 Å². The second-order valence-corrected chi connectivity index (χ2v) is 6.06. The van der Waals surface area contributed by atoms with Gasteiger partial charge in [0.1, 0.15) is 5.60 Å². The molecule has 2 heteroatoms. The second kappa shape index (κ2) is 5.12. The topological polar surface area (TPSA) is 26.3 Å². The van der Waals surface area contributed by atoms with Crippen molar-refractivity contribution in [1.29, 1.82) is 0 Å². The molecule has 0 radical (unpaired) electrons. The van der Waals surface area contributed by atoms with Gasteiger partial charge in [0.15, 0.2) is 0 Å². The monoisotopic (exact) mass is 268 g/mol. The van der Waals surface area contributed by atoms with Crippen LogP contribution in [0.2, 0.25) is 0 Å². The summed E-state index contributed by atoms with van der Waals surface area (Å²) in [5, 5.41) is 2.12. The van der Waals surface area contributed by atoms with Gasteiger partial charge in [-0.05, 0) is 62.2 Å². The molecule has 0 aromatic heterocycles. The maximum absolute atomic E-state index is 12.0. The zero-order valence-electron chi connectivity index (χ0n) is 12.5. The number of benzene rings is 2. The molecule has 2 aromatic rings. The highest BCUT2D eigenvalue weighted by atomic mass is 16.6. The molecule has 0 aliphatic carbocycles. The molecule has 0 fully saturated rings. The first kappa shape index (κ1) is 14.3. The Hall–Kier alpha value is -2.09. The Balaban J connectivity index is 2.37. The van der Waals surface area contributed by atoms with Crippen LogP contribution in [0.5, 0.6) is 0 Å². The lowest BCUT2D eigenvalue weighted by Gasteiger charge is -2.19. The summed E-state index contributed by atoms with van der Waals surface area (Å²) in [5.74, 6) is -0.289. The summed E-state index contributed by atoms with van der Waals surface area (Å²) in [7, 11) is 0. The number of hydrogen-bond donors (Lipinski definition) is 0. The summed E-state index contributed by atoms with van der Waals surface area (Å²) < 4.78 is 5.38. The molecule has 2 rings (SSSR count). The molecule has 0 N–H and O–H groups in total. The van der Waals surface area contributed by atoms with Crippen LogP contribution in [0.3, 0.4) is 0 Å². The lowest BCUT2D eigenvalue weighted by molar-refractivity contribution is 0.00697. The van der Waals surface area contributed by atoms with Crippen molar-refractivity contribution in [3.63, 3.8) is 0 Å². The zero-order valence-corrected chi connectivity index (χ0v) is 12.5. The number of allylic oxidation sites excluding steroid dienone is 1. The number of carbonyl (C=O) groups excluding carboxylic acids is 1. The number of esters is 1. The minimum Gasteiger partial charge on any atom is -0.456 e. The Kier molecular flexibility index (Phi) is 3.67. The smallest absolute Gasteiger partial charge is 0.338 e. The predicted molar refractivity (Wildman–Crippen MR) is 83.8 cm³/mol. The van der Waals surface area contributed by atoms with Crippen LogP contribution in [0.4, 0.5) is 0 Å². The van der Waals surface area contributed by atoms with E-state index in [0.717, 1.165) is 21.9 Å². The highest BCUT2D eigenvalue weighted by Gasteiger charge is 2.17. The normalized spacial score (nSPS) is 11.4. The van der Waals surface area contributed by atoms with Crippen molar-refractivity contribution in [1.82, 2.24) is 0 Å². The summed E-state index contributed by atoms with van der Waals surface area (Å²) in [6.07, 6.45) is 0. The van der Waals surface area contributed by atoms with E-state index >= 15 is 0 Å².